The fraction of sp³-hybridized carbons (Fsp3) is 0.300. The first-order chi connectivity index (χ1) is 7.06. The molecule has 0 spiro atoms. The Bertz CT molecular complexity index is 404. The van der Waals surface area contributed by atoms with E-state index in [1.807, 2.05) is 6.26 Å². The average molecular weight is 225 g/mol. The van der Waals surface area contributed by atoms with E-state index in [0.717, 1.165) is 4.90 Å². The van der Waals surface area contributed by atoms with Gasteiger partial charge in [0.1, 0.15) is 5.78 Å². The minimum Gasteiger partial charge on any atom is -0.300 e. The van der Waals surface area contributed by atoms with Crippen LogP contribution in [-0.2, 0) is 11.2 Å². The van der Waals surface area contributed by atoms with E-state index in [9.17, 15) is 14.9 Å². The van der Waals surface area contributed by atoms with Gasteiger partial charge in [-0.1, -0.05) is 6.07 Å². The predicted molar refractivity (Wildman–Crippen MR) is 59.3 cm³/mol. The maximum atomic E-state index is 11.0. The number of carbonyl (C=O) groups excluding carboxylic acids is 1. The van der Waals surface area contributed by atoms with Gasteiger partial charge >= 0.3 is 0 Å². The van der Waals surface area contributed by atoms with Crippen LogP contribution in [0.25, 0.3) is 0 Å². The van der Waals surface area contributed by atoms with E-state index < -0.39 is 4.92 Å². The Hall–Kier alpha value is -1.36. The molecule has 0 aromatic heterocycles. The number of hydrogen-bond donors (Lipinski definition) is 0. The number of nitrogens with zero attached hydrogens (tertiary/aromatic N) is 1. The van der Waals surface area contributed by atoms with Gasteiger partial charge in [-0.05, 0) is 19.2 Å². The SMILES string of the molecule is CSc1cccc([N+](=O)[O-])c1CC(C)=O. The number of Topliss-reactive ketones (excluding diaryl/α,β-unsaturated/α-hetero) is 1. The molecule has 0 aliphatic carbocycles. The van der Waals surface area contributed by atoms with Gasteiger partial charge in [0.25, 0.3) is 5.69 Å². The summed E-state index contributed by atoms with van der Waals surface area (Å²) in [7, 11) is 0. The van der Waals surface area contributed by atoms with E-state index in [0.29, 0.717) is 5.56 Å². The first-order valence-corrected chi connectivity index (χ1v) is 5.58. The van der Waals surface area contributed by atoms with Gasteiger partial charge in [-0.25, -0.2) is 0 Å². The van der Waals surface area contributed by atoms with Crippen molar-refractivity contribution in [2.45, 2.75) is 18.2 Å². The minimum absolute atomic E-state index is 0.0250. The summed E-state index contributed by atoms with van der Waals surface area (Å²) in [5.41, 5.74) is 0.541. The zero-order chi connectivity index (χ0) is 11.4. The van der Waals surface area contributed by atoms with Crippen LogP contribution in [0.5, 0.6) is 0 Å². The normalized spacial score (nSPS) is 10.0. The van der Waals surface area contributed by atoms with E-state index in [4.69, 9.17) is 0 Å². The Balaban J connectivity index is 3.26. The summed E-state index contributed by atoms with van der Waals surface area (Å²) in [5.74, 6) is -0.0698. The number of nitro groups is 1. The predicted octanol–water partition coefficient (Wildman–Crippen LogP) is 2.45. The highest BCUT2D eigenvalue weighted by Gasteiger charge is 2.17. The maximum Gasteiger partial charge on any atom is 0.274 e. The van der Waals surface area contributed by atoms with E-state index in [2.05, 4.69) is 0 Å². The molecule has 0 aliphatic rings. The van der Waals surface area contributed by atoms with Crippen molar-refractivity contribution in [2.24, 2.45) is 0 Å². The molecular formula is C10H11NO3S. The lowest BCUT2D eigenvalue weighted by Gasteiger charge is -2.05. The molecule has 0 fully saturated rings. The molecule has 0 aliphatic heterocycles. The molecule has 0 radical (unpaired) electrons. The van der Waals surface area contributed by atoms with Crippen LogP contribution in [0.15, 0.2) is 23.1 Å². The number of carbonyl (C=O) groups is 1. The minimum atomic E-state index is -0.446. The van der Waals surface area contributed by atoms with Gasteiger partial charge in [0.05, 0.1) is 10.5 Å². The summed E-state index contributed by atoms with van der Waals surface area (Å²) in [4.78, 5) is 22.1. The van der Waals surface area contributed by atoms with Crippen LogP contribution in [0.2, 0.25) is 0 Å². The molecule has 0 amide bonds. The third kappa shape index (κ3) is 2.79. The van der Waals surface area contributed by atoms with E-state index in [-0.39, 0.29) is 17.9 Å². The van der Waals surface area contributed by atoms with Crippen molar-refractivity contribution in [2.75, 3.05) is 6.26 Å². The molecule has 0 saturated heterocycles. The molecule has 1 rings (SSSR count). The van der Waals surface area contributed by atoms with Crippen molar-refractivity contribution in [1.82, 2.24) is 0 Å². The number of thioether (sulfide) groups is 1. The largest absolute Gasteiger partial charge is 0.300 e. The van der Waals surface area contributed by atoms with E-state index in [1.165, 1.54) is 24.8 Å². The molecule has 0 N–H and O–H groups in total. The fourth-order valence-corrected chi connectivity index (χ4v) is 1.98. The molecular weight excluding hydrogens is 214 g/mol. The Morgan fingerprint density at radius 3 is 2.67 bits per heavy atom. The van der Waals surface area contributed by atoms with Crippen molar-refractivity contribution in [1.29, 1.82) is 0 Å². The standard InChI is InChI=1S/C10H11NO3S/c1-7(12)6-8-9(11(13)14)4-3-5-10(8)15-2/h3-5H,6H2,1-2H3. The van der Waals surface area contributed by atoms with Crippen LogP contribution >= 0.6 is 11.8 Å². The molecule has 1 aromatic carbocycles. The maximum absolute atomic E-state index is 11.0. The average Bonchev–Trinajstić information content (AvgIpc) is 2.16. The van der Waals surface area contributed by atoms with Crippen LogP contribution in [0.4, 0.5) is 5.69 Å². The quantitative estimate of drug-likeness (QED) is 0.448. The third-order valence-electron chi connectivity index (χ3n) is 1.95. The zero-order valence-corrected chi connectivity index (χ0v) is 9.34. The molecule has 0 heterocycles. The molecule has 0 saturated carbocycles. The van der Waals surface area contributed by atoms with Gasteiger partial charge in [-0.15, -0.1) is 11.8 Å². The fourth-order valence-electron chi connectivity index (χ4n) is 1.34. The second kappa shape index (κ2) is 4.93. The molecule has 15 heavy (non-hydrogen) atoms. The lowest BCUT2D eigenvalue weighted by molar-refractivity contribution is -0.385. The zero-order valence-electron chi connectivity index (χ0n) is 8.52. The monoisotopic (exact) mass is 225 g/mol. The number of rotatable bonds is 4. The summed E-state index contributed by atoms with van der Waals surface area (Å²) in [5, 5.41) is 10.8. The highest BCUT2D eigenvalue weighted by atomic mass is 32.2. The van der Waals surface area contributed by atoms with Crippen molar-refractivity contribution >= 4 is 23.2 Å². The Kier molecular flexibility index (Phi) is 3.85. The lowest BCUT2D eigenvalue weighted by Crippen LogP contribution is -2.02. The first-order valence-electron chi connectivity index (χ1n) is 4.36. The Morgan fingerprint density at radius 2 is 2.20 bits per heavy atom. The number of hydrogen-bond acceptors (Lipinski definition) is 4. The van der Waals surface area contributed by atoms with Gasteiger partial charge in [0.15, 0.2) is 0 Å². The lowest BCUT2D eigenvalue weighted by atomic mass is 10.1. The van der Waals surface area contributed by atoms with E-state index in [1.54, 1.807) is 12.1 Å². The van der Waals surface area contributed by atoms with Crippen LogP contribution < -0.4 is 0 Å². The number of ketones is 1. The molecule has 80 valence electrons. The second-order valence-corrected chi connectivity index (χ2v) is 3.94. The second-order valence-electron chi connectivity index (χ2n) is 3.09. The van der Waals surface area contributed by atoms with Gasteiger partial charge in [0.2, 0.25) is 0 Å². The molecule has 0 atom stereocenters. The van der Waals surface area contributed by atoms with Gasteiger partial charge in [-0.2, -0.15) is 0 Å². The van der Waals surface area contributed by atoms with Crippen molar-refractivity contribution < 1.29 is 9.72 Å². The molecule has 5 heteroatoms. The molecule has 1 aromatic rings. The van der Waals surface area contributed by atoms with Gasteiger partial charge in [-0.3, -0.25) is 14.9 Å². The molecule has 4 nitrogen and oxygen atoms in total. The third-order valence-corrected chi connectivity index (χ3v) is 2.77. The summed E-state index contributed by atoms with van der Waals surface area (Å²) < 4.78 is 0. The van der Waals surface area contributed by atoms with Crippen LogP contribution in [-0.4, -0.2) is 17.0 Å². The first kappa shape index (κ1) is 11.7. The summed E-state index contributed by atoms with van der Waals surface area (Å²) in [6.45, 7) is 1.43. The van der Waals surface area contributed by atoms with Crippen molar-refractivity contribution in [3.05, 3.63) is 33.9 Å². The summed E-state index contributed by atoms with van der Waals surface area (Å²) in [6, 6.07) is 4.85. The molecule has 0 unspecified atom stereocenters. The number of benzene rings is 1. The Morgan fingerprint density at radius 1 is 1.53 bits per heavy atom. The van der Waals surface area contributed by atoms with Crippen LogP contribution in [0.1, 0.15) is 12.5 Å². The summed E-state index contributed by atoms with van der Waals surface area (Å²) in [6.07, 6.45) is 1.95. The number of nitro benzene ring substituents is 1. The highest BCUT2D eigenvalue weighted by Crippen LogP contribution is 2.29. The van der Waals surface area contributed by atoms with Crippen LogP contribution in [0.3, 0.4) is 0 Å². The summed E-state index contributed by atoms with van der Waals surface area (Å²) >= 11 is 1.41. The highest BCUT2D eigenvalue weighted by molar-refractivity contribution is 7.98. The van der Waals surface area contributed by atoms with E-state index >= 15 is 0 Å². The van der Waals surface area contributed by atoms with Crippen molar-refractivity contribution in [3.8, 4) is 0 Å². The topological polar surface area (TPSA) is 60.2 Å². The Labute approximate surface area is 91.8 Å². The van der Waals surface area contributed by atoms with Gasteiger partial charge < -0.3 is 0 Å². The van der Waals surface area contributed by atoms with Crippen molar-refractivity contribution in [3.63, 3.8) is 0 Å². The van der Waals surface area contributed by atoms with Crippen LogP contribution in [0, 0.1) is 10.1 Å². The molecule has 0 bridgehead atoms. The smallest absolute Gasteiger partial charge is 0.274 e. The van der Waals surface area contributed by atoms with Gasteiger partial charge in [0, 0.05) is 17.4 Å².